The van der Waals surface area contributed by atoms with Gasteiger partial charge in [0.15, 0.2) is 5.78 Å². The number of rotatable bonds is 2. The van der Waals surface area contributed by atoms with Crippen LogP contribution in [0.3, 0.4) is 0 Å². The molecule has 1 aromatic rings. The number of ether oxygens (including phenoxy) is 2. The zero-order valence-electron chi connectivity index (χ0n) is 12.8. The second kappa shape index (κ2) is 5.16. The summed E-state index contributed by atoms with van der Waals surface area (Å²) in [6.07, 6.45) is 0.941. The largest absolute Gasteiger partial charge is 0.497 e. The number of nitrogens with zero attached hydrogens (tertiary/aromatic N) is 1. The standard InChI is InChI=1S/C17H19NO4/c1-11(2)16(20)18-7-6-17(10-18)9-14(19)13-8-12(21-3)4-5-15(13)22-17/h4-5,8H,1,6-7,9-10H2,2-3H3. The monoisotopic (exact) mass is 301 g/mol. The van der Waals surface area contributed by atoms with Gasteiger partial charge in [-0.1, -0.05) is 6.58 Å². The van der Waals surface area contributed by atoms with Crippen molar-refractivity contribution < 1.29 is 19.1 Å². The minimum absolute atomic E-state index is 0.0322. The van der Waals surface area contributed by atoms with Gasteiger partial charge in [0.2, 0.25) is 5.91 Å². The molecule has 1 aromatic carbocycles. The molecule has 3 rings (SSSR count). The number of carbonyl (C=O) groups is 2. The van der Waals surface area contributed by atoms with Crippen LogP contribution in [0.5, 0.6) is 11.5 Å². The molecule has 22 heavy (non-hydrogen) atoms. The Kier molecular flexibility index (Phi) is 3.43. The minimum atomic E-state index is -0.607. The molecule has 2 aliphatic rings. The first kappa shape index (κ1) is 14.6. The van der Waals surface area contributed by atoms with E-state index in [-0.39, 0.29) is 18.1 Å². The summed E-state index contributed by atoms with van der Waals surface area (Å²) in [5.41, 5.74) is 0.447. The molecule has 0 aliphatic carbocycles. The third-order valence-electron chi connectivity index (χ3n) is 4.26. The molecule has 116 valence electrons. The smallest absolute Gasteiger partial charge is 0.249 e. The van der Waals surface area contributed by atoms with Crippen molar-refractivity contribution >= 4 is 11.7 Å². The fourth-order valence-electron chi connectivity index (χ4n) is 3.12. The normalized spacial score (nSPS) is 23.2. The maximum atomic E-state index is 12.5. The quantitative estimate of drug-likeness (QED) is 0.786. The SMILES string of the molecule is C=C(C)C(=O)N1CCC2(CC(=O)c3cc(OC)ccc3O2)C1. The van der Waals surface area contributed by atoms with E-state index in [1.54, 1.807) is 37.1 Å². The van der Waals surface area contributed by atoms with Gasteiger partial charge in [-0.25, -0.2) is 0 Å². The Hall–Kier alpha value is -2.30. The van der Waals surface area contributed by atoms with Crippen molar-refractivity contribution in [3.63, 3.8) is 0 Å². The Bertz CT molecular complexity index is 667. The van der Waals surface area contributed by atoms with Gasteiger partial charge in [0, 0.05) is 18.5 Å². The van der Waals surface area contributed by atoms with E-state index in [1.165, 1.54) is 0 Å². The van der Waals surface area contributed by atoms with Crippen LogP contribution in [0.2, 0.25) is 0 Å². The van der Waals surface area contributed by atoms with Gasteiger partial charge in [-0.15, -0.1) is 0 Å². The van der Waals surface area contributed by atoms with Crippen LogP contribution in [0, 0.1) is 0 Å². The van der Waals surface area contributed by atoms with E-state index in [4.69, 9.17) is 9.47 Å². The number of amides is 1. The van der Waals surface area contributed by atoms with E-state index >= 15 is 0 Å². The van der Waals surface area contributed by atoms with Crippen LogP contribution in [-0.4, -0.2) is 42.4 Å². The topological polar surface area (TPSA) is 55.8 Å². The molecule has 5 nitrogen and oxygen atoms in total. The second-order valence-corrected chi connectivity index (χ2v) is 6.00. The van der Waals surface area contributed by atoms with Crippen LogP contribution in [0.4, 0.5) is 0 Å². The molecule has 0 bridgehead atoms. The van der Waals surface area contributed by atoms with E-state index < -0.39 is 5.60 Å². The van der Waals surface area contributed by atoms with Crippen LogP contribution < -0.4 is 9.47 Å². The van der Waals surface area contributed by atoms with Gasteiger partial charge in [0.1, 0.15) is 17.1 Å². The minimum Gasteiger partial charge on any atom is -0.497 e. The third-order valence-corrected chi connectivity index (χ3v) is 4.26. The molecule has 5 heteroatoms. The molecule has 2 heterocycles. The Morgan fingerprint density at radius 1 is 1.45 bits per heavy atom. The van der Waals surface area contributed by atoms with E-state index in [0.717, 1.165) is 0 Å². The van der Waals surface area contributed by atoms with Crippen LogP contribution in [0.1, 0.15) is 30.1 Å². The van der Waals surface area contributed by atoms with Crippen LogP contribution in [-0.2, 0) is 4.79 Å². The fraction of sp³-hybridized carbons (Fsp3) is 0.412. The summed E-state index contributed by atoms with van der Waals surface area (Å²) >= 11 is 0. The molecule has 1 amide bonds. The number of fused-ring (bicyclic) bond motifs is 1. The lowest BCUT2D eigenvalue weighted by molar-refractivity contribution is -0.126. The predicted octanol–water partition coefficient (Wildman–Crippen LogP) is 2.21. The number of carbonyl (C=O) groups excluding carboxylic acids is 2. The van der Waals surface area contributed by atoms with Crippen molar-refractivity contribution in [3.8, 4) is 11.5 Å². The lowest BCUT2D eigenvalue weighted by Gasteiger charge is -2.34. The summed E-state index contributed by atoms with van der Waals surface area (Å²) in [6, 6.07) is 5.24. The number of likely N-dealkylation sites (tertiary alicyclic amines) is 1. The molecule has 2 aliphatic heterocycles. The van der Waals surface area contributed by atoms with Crippen molar-refractivity contribution in [3.05, 3.63) is 35.9 Å². The first-order chi connectivity index (χ1) is 10.4. The number of hydrogen-bond acceptors (Lipinski definition) is 4. The van der Waals surface area contributed by atoms with E-state index in [0.29, 0.717) is 42.1 Å². The molecule has 0 saturated carbocycles. The number of hydrogen-bond donors (Lipinski definition) is 0. The summed E-state index contributed by atoms with van der Waals surface area (Å²) in [7, 11) is 1.56. The van der Waals surface area contributed by atoms with E-state index in [2.05, 4.69) is 6.58 Å². The number of ketones is 1. The van der Waals surface area contributed by atoms with E-state index in [1.807, 2.05) is 0 Å². The van der Waals surface area contributed by atoms with Gasteiger partial charge in [-0.2, -0.15) is 0 Å². The highest BCUT2D eigenvalue weighted by Crippen LogP contribution is 2.40. The van der Waals surface area contributed by atoms with Gasteiger partial charge in [-0.05, 0) is 25.1 Å². The number of benzene rings is 1. The van der Waals surface area contributed by atoms with Crippen molar-refractivity contribution in [2.75, 3.05) is 20.2 Å². The molecule has 1 unspecified atom stereocenters. The molecule has 1 saturated heterocycles. The van der Waals surface area contributed by atoms with Gasteiger partial charge < -0.3 is 14.4 Å². The Morgan fingerprint density at radius 2 is 2.23 bits per heavy atom. The zero-order chi connectivity index (χ0) is 15.9. The first-order valence-corrected chi connectivity index (χ1v) is 7.29. The highest BCUT2D eigenvalue weighted by molar-refractivity contribution is 6.01. The number of Topliss-reactive ketones (excluding diaryl/α,β-unsaturated/α-hetero) is 1. The molecule has 0 N–H and O–H groups in total. The van der Waals surface area contributed by atoms with Crippen molar-refractivity contribution in [1.82, 2.24) is 4.90 Å². The summed E-state index contributed by atoms with van der Waals surface area (Å²) in [6.45, 7) is 6.40. The fourth-order valence-corrected chi connectivity index (χ4v) is 3.12. The highest BCUT2D eigenvalue weighted by Gasteiger charge is 2.47. The van der Waals surface area contributed by atoms with E-state index in [9.17, 15) is 9.59 Å². The Morgan fingerprint density at radius 3 is 2.91 bits per heavy atom. The lowest BCUT2D eigenvalue weighted by atomic mass is 9.89. The molecular formula is C17H19NO4. The molecule has 1 fully saturated rings. The van der Waals surface area contributed by atoms with Crippen molar-refractivity contribution in [1.29, 1.82) is 0 Å². The highest BCUT2D eigenvalue weighted by atomic mass is 16.5. The molecule has 0 radical (unpaired) electrons. The molecule has 1 atom stereocenters. The summed E-state index contributed by atoms with van der Waals surface area (Å²) in [5, 5.41) is 0. The summed E-state index contributed by atoms with van der Waals surface area (Å²) in [5.74, 6) is 1.16. The Balaban J connectivity index is 1.85. The third kappa shape index (κ3) is 2.36. The predicted molar refractivity (Wildman–Crippen MR) is 81.3 cm³/mol. The maximum absolute atomic E-state index is 12.5. The average molecular weight is 301 g/mol. The zero-order valence-corrected chi connectivity index (χ0v) is 12.8. The van der Waals surface area contributed by atoms with Crippen LogP contribution >= 0.6 is 0 Å². The van der Waals surface area contributed by atoms with Crippen LogP contribution in [0.25, 0.3) is 0 Å². The summed E-state index contributed by atoms with van der Waals surface area (Å²) in [4.78, 5) is 26.2. The van der Waals surface area contributed by atoms with Gasteiger partial charge >= 0.3 is 0 Å². The Labute approximate surface area is 129 Å². The number of methoxy groups -OCH3 is 1. The van der Waals surface area contributed by atoms with Crippen LogP contribution in [0.15, 0.2) is 30.4 Å². The maximum Gasteiger partial charge on any atom is 0.249 e. The van der Waals surface area contributed by atoms with Crippen molar-refractivity contribution in [2.45, 2.75) is 25.4 Å². The molecular weight excluding hydrogens is 282 g/mol. The second-order valence-electron chi connectivity index (χ2n) is 6.00. The van der Waals surface area contributed by atoms with Gasteiger partial charge in [-0.3, -0.25) is 9.59 Å². The summed E-state index contributed by atoms with van der Waals surface area (Å²) < 4.78 is 11.3. The first-order valence-electron chi connectivity index (χ1n) is 7.29. The molecule has 1 spiro atoms. The average Bonchev–Trinajstić information content (AvgIpc) is 2.89. The van der Waals surface area contributed by atoms with Gasteiger partial charge in [0.05, 0.1) is 25.6 Å². The van der Waals surface area contributed by atoms with Crippen molar-refractivity contribution in [2.24, 2.45) is 0 Å². The van der Waals surface area contributed by atoms with Gasteiger partial charge in [0.25, 0.3) is 0 Å². The lowest BCUT2D eigenvalue weighted by Crippen LogP contribution is -2.45. The molecule has 0 aromatic heterocycles.